The quantitative estimate of drug-likeness (QED) is 0.887. The molecule has 2 aromatic heterocycles. The number of carbonyl (C=O) groups is 1. The summed E-state index contributed by atoms with van der Waals surface area (Å²) in [5.41, 5.74) is 1.33. The number of anilines is 1. The van der Waals surface area contributed by atoms with Crippen molar-refractivity contribution in [2.75, 3.05) is 5.32 Å². The summed E-state index contributed by atoms with van der Waals surface area (Å²) in [4.78, 5) is 11.4. The monoisotopic (exact) mass is 275 g/mol. The standard InChI is InChI=1S/C13H17N5O2/c1-8-4-2-3-5-10(8)16-12-9(13(19)20)6-15-18-11(12)7-14-17-18/h6-8,10,16H,2-5H2,1H3,(H,19,20). The Balaban J connectivity index is 2.01. The number of hydrogen-bond donors (Lipinski definition) is 2. The van der Waals surface area contributed by atoms with Gasteiger partial charge >= 0.3 is 5.97 Å². The molecule has 0 saturated heterocycles. The zero-order chi connectivity index (χ0) is 14.1. The highest BCUT2D eigenvalue weighted by molar-refractivity contribution is 5.98. The first kappa shape index (κ1) is 12.8. The molecule has 0 aromatic carbocycles. The van der Waals surface area contributed by atoms with Gasteiger partial charge in [0.1, 0.15) is 11.1 Å². The summed E-state index contributed by atoms with van der Waals surface area (Å²) >= 11 is 0. The number of rotatable bonds is 3. The van der Waals surface area contributed by atoms with E-state index in [0.29, 0.717) is 17.1 Å². The maximum Gasteiger partial charge on any atom is 0.339 e. The number of carboxylic acid groups (broad SMARTS) is 1. The molecule has 3 rings (SSSR count). The van der Waals surface area contributed by atoms with Crippen LogP contribution in [0.4, 0.5) is 5.69 Å². The minimum Gasteiger partial charge on any atom is -0.478 e. The minimum atomic E-state index is -0.993. The normalized spacial score (nSPS) is 22.9. The van der Waals surface area contributed by atoms with Gasteiger partial charge in [-0.05, 0) is 24.0 Å². The summed E-state index contributed by atoms with van der Waals surface area (Å²) in [5.74, 6) is -0.471. The first-order valence-electron chi connectivity index (χ1n) is 6.86. The molecule has 0 aliphatic heterocycles. The maximum atomic E-state index is 11.4. The summed E-state index contributed by atoms with van der Waals surface area (Å²) in [6.07, 6.45) is 7.48. The van der Waals surface area contributed by atoms with Gasteiger partial charge in [-0.25, -0.2) is 4.79 Å². The summed E-state index contributed by atoms with van der Waals surface area (Å²) in [5, 5.41) is 24.3. The summed E-state index contributed by atoms with van der Waals surface area (Å²) in [7, 11) is 0. The lowest BCUT2D eigenvalue weighted by atomic mass is 9.85. The molecule has 2 unspecified atom stereocenters. The molecule has 2 aromatic rings. The smallest absolute Gasteiger partial charge is 0.339 e. The fourth-order valence-corrected chi connectivity index (χ4v) is 2.82. The Morgan fingerprint density at radius 3 is 2.95 bits per heavy atom. The Morgan fingerprint density at radius 2 is 2.20 bits per heavy atom. The third-order valence-corrected chi connectivity index (χ3v) is 4.03. The van der Waals surface area contributed by atoms with Crippen molar-refractivity contribution in [1.82, 2.24) is 20.0 Å². The molecular weight excluding hydrogens is 258 g/mol. The molecule has 20 heavy (non-hydrogen) atoms. The second-order valence-electron chi connectivity index (χ2n) is 5.36. The van der Waals surface area contributed by atoms with Gasteiger partial charge < -0.3 is 10.4 Å². The number of fused-ring (bicyclic) bond motifs is 1. The van der Waals surface area contributed by atoms with Crippen molar-refractivity contribution < 1.29 is 9.90 Å². The Morgan fingerprint density at radius 1 is 1.40 bits per heavy atom. The van der Waals surface area contributed by atoms with Crippen molar-refractivity contribution in [1.29, 1.82) is 0 Å². The molecule has 106 valence electrons. The zero-order valence-electron chi connectivity index (χ0n) is 11.3. The van der Waals surface area contributed by atoms with Gasteiger partial charge in [-0.1, -0.05) is 19.8 Å². The van der Waals surface area contributed by atoms with Crippen LogP contribution in [-0.2, 0) is 0 Å². The molecule has 7 heteroatoms. The third-order valence-electron chi connectivity index (χ3n) is 4.03. The van der Waals surface area contributed by atoms with Crippen molar-refractivity contribution in [2.24, 2.45) is 5.92 Å². The molecule has 1 saturated carbocycles. The predicted octanol–water partition coefficient (Wildman–Crippen LogP) is 1.81. The van der Waals surface area contributed by atoms with Crippen molar-refractivity contribution in [3.63, 3.8) is 0 Å². The molecular formula is C13H17N5O2. The first-order valence-corrected chi connectivity index (χ1v) is 6.86. The van der Waals surface area contributed by atoms with E-state index < -0.39 is 5.97 Å². The van der Waals surface area contributed by atoms with E-state index in [4.69, 9.17) is 0 Å². The first-order chi connectivity index (χ1) is 9.66. The lowest BCUT2D eigenvalue weighted by Gasteiger charge is -2.30. The average molecular weight is 275 g/mol. The van der Waals surface area contributed by atoms with Gasteiger partial charge in [0.2, 0.25) is 0 Å². The Bertz CT molecular complexity index is 639. The zero-order valence-corrected chi connectivity index (χ0v) is 11.3. The van der Waals surface area contributed by atoms with Crippen LogP contribution in [0, 0.1) is 5.92 Å². The molecule has 0 spiro atoms. The number of nitrogens with one attached hydrogen (secondary N) is 1. The van der Waals surface area contributed by atoms with E-state index >= 15 is 0 Å². The van der Waals surface area contributed by atoms with Gasteiger partial charge in [-0.15, -0.1) is 9.73 Å². The van der Waals surface area contributed by atoms with Gasteiger partial charge in [0, 0.05) is 6.04 Å². The van der Waals surface area contributed by atoms with E-state index in [1.54, 1.807) is 0 Å². The highest BCUT2D eigenvalue weighted by Crippen LogP contribution is 2.29. The summed E-state index contributed by atoms with van der Waals surface area (Å²) in [6, 6.07) is 0.281. The van der Waals surface area contributed by atoms with Crippen LogP contribution >= 0.6 is 0 Å². The summed E-state index contributed by atoms with van der Waals surface area (Å²) < 4.78 is 1.35. The number of carboxylic acids is 1. The van der Waals surface area contributed by atoms with Crippen LogP contribution < -0.4 is 5.32 Å². The number of nitrogens with zero attached hydrogens (tertiary/aromatic N) is 4. The van der Waals surface area contributed by atoms with E-state index in [1.165, 1.54) is 36.3 Å². The van der Waals surface area contributed by atoms with Gasteiger partial charge in [0.05, 0.1) is 18.1 Å². The van der Waals surface area contributed by atoms with E-state index in [9.17, 15) is 9.90 Å². The molecule has 1 aliphatic rings. The lowest BCUT2D eigenvalue weighted by molar-refractivity contribution is 0.0697. The highest BCUT2D eigenvalue weighted by atomic mass is 16.4. The minimum absolute atomic E-state index is 0.164. The molecule has 0 bridgehead atoms. The maximum absolute atomic E-state index is 11.4. The predicted molar refractivity (Wildman–Crippen MR) is 72.8 cm³/mol. The highest BCUT2D eigenvalue weighted by Gasteiger charge is 2.24. The van der Waals surface area contributed by atoms with E-state index in [2.05, 4.69) is 27.7 Å². The van der Waals surface area contributed by atoms with Crippen LogP contribution in [0.3, 0.4) is 0 Å². The lowest BCUT2D eigenvalue weighted by Crippen LogP contribution is -2.31. The number of hydrogen-bond acceptors (Lipinski definition) is 5. The number of aromatic nitrogens is 4. The molecule has 2 N–H and O–H groups in total. The largest absolute Gasteiger partial charge is 0.478 e. The van der Waals surface area contributed by atoms with Crippen LogP contribution in [0.15, 0.2) is 12.4 Å². The Labute approximate surface area is 116 Å². The molecule has 1 aliphatic carbocycles. The van der Waals surface area contributed by atoms with Crippen molar-refractivity contribution in [2.45, 2.75) is 38.6 Å². The van der Waals surface area contributed by atoms with Gasteiger partial charge in [-0.3, -0.25) is 0 Å². The Kier molecular flexibility index (Phi) is 3.25. The number of aromatic carboxylic acids is 1. The van der Waals surface area contributed by atoms with Gasteiger partial charge in [0.15, 0.2) is 0 Å². The van der Waals surface area contributed by atoms with Crippen LogP contribution in [-0.4, -0.2) is 37.2 Å². The third kappa shape index (κ3) is 2.19. The average Bonchev–Trinajstić information content (AvgIpc) is 2.90. The summed E-state index contributed by atoms with van der Waals surface area (Å²) in [6.45, 7) is 2.20. The van der Waals surface area contributed by atoms with Crippen LogP contribution in [0.25, 0.3) is 5.52 Å². The van der Waals surface area contributed by atoms with Crippen LogP contribution in [0.2, 0.25) is 0 Å². The van der Waals surface area contributed by atoms with E-state index in [0.717, 1.165) is 6.42 Å². The fourth-order valence-electron chi connectivity index (χ4n) is 2.82. The van der Waals surface area contributed by atoms with Crippen molar-refractivity contribution in [3.8, 4) is 0 Å². The molecule has 2 heterocycles. The van der Waals surface area contributed by atoms with Crippen LogP contribution in [0.5, 0.6) is 0 Å². The molecule has 7 nitrogen and oxygen atoms in total. The van der Waals surface area contributed by atoms with Gasteiger partial charge in [0.25, 0.3) is 0 Å². The Hall–Kier alpha value is -2.18. The topological polar surface area (TPSA) is 92.4 Å². The van der Waals surface area contributed by atoms with Crippen LogP contribution in [0.1, 0.15) is 43.0 Å². The second-order valence-corrected chi connectivity index (χ2v) is 5.36. The fraction of sp³-hybridized carbons (Fsp3) is 0.538. The van der Waals surface area contributed by atoms with Gasteiger partial charge in [-0.2, -0.15) is 5.10 Å². The molecule has 1 fully saturated rings. The molecule has 0 amide bonds. The van der Waals surface area contributed by atoms with E-state index in [-0.39, 0.29) is 11.6 Å². The van der Waals surface area contributed by atoms with E-state index in [1.807, 2.05) is 0 Å². The molecule has 0 radical (unpaired) electrons. The SMILES string of the molecule is CC1CCCCC1Nc1c(C(=O)O)cnn2nncc12. The van der Waals surface area contributed by atoms with Crippen molar-refractivity contribution >= 4 is 17.2 Å². The van der Waals surface area contributed by atoms with Crippen molar-refractivity contribution in [3.05, 3.63) is 18.0 Å². The second kappa shape index (κ2) is 5.07. The molecule has 2 atom stereocenters.